The Balaban J connectivity index is 2.12. The first kappa shape index (κ1) is 17.7. The average Bonchev–Trinajstić information content (AvgIpc) is 2.58. The molecule has 0 saturated carbocycles. The Bertz CT molecular complexity index is 875. The van der Waals surface area contributed by atoms with Crippen LogP contribution < -0.4 is 10.9 Å². The molecule has 1 heterocycles. The largest absolute Gasteiger partial charge is 0.350 e. The van der Waals surface area contributed by atoms with Gasteiger partial charge in [0.1, 0.15) is 0 Å². The van der Waals surface area contributed by atoms with Crippen molar-refractivity contribution in [1.29, 1.82) is 0 Å². The van der Waals surface area contributed by atoms with Gasteiger partial charge in [-0.1, -0.05) is 0 Å². The fourth-order valence-corrected chi connectivity index (χ4v) is 2.05. The zero-order chi connectivity index (χ0) is 18.6. The van der Waals surface area contributed by atoms with E-state index in [-0.39, 0.29) is 24.2 Å². The minimum Gasteiger partial charge on any atom is -0.350 e. The van der Waals surface area contributed by atoms with Crippen molar-refractivity contribution in [3.8, 4) is 0 Å². The van der Waals surface area contributed by atoms with Crippen LogP contribution in [0.25, 0.3) is 0 Å². The van der Waals surface area contributed by atoms with Crippen LogP contribution in [0, 0.1) is 27.2 Å². The number of aryl methyl sites for hydroxylation is 1. The Hall–Kier alpha value is -3.63. The van der Waals surface area contributed by atoms with Gasteiger partial charge in [-0.25, -0.2) is 4.98 Å². The first-order valence-corrected chi connectivity index (χ1v) is 7.02. The van der Waals surface area contributed by atoms with E-state index >= 15 is 0 Å². The van der Waals surface area contributed by atoms with Gasteiger partial charge in [0.25, 0.3) is 22.8 Å². The molecule has 2 aromatic rings. The van der Waals surface area contributed by atoms with Gasteiger partial charge in [-0.05, 0) is 6.92 Å². The molecule has 0 fully saturated rings. The van der Waals surface area contributed by atoms with Crippen LogP contribution in [0.3, 0.4) is 0 Å². The van der Waals surface area contributed by atoms with Crippen LogP contribution in [-0.2, 0) is 6.54 Å². The summed E-state index contributed by atoms with van der Waals surface area (Å²) in [6.45, 7) is 1.78. The lowest BCUT2D eigenvalue weighted by Gasteiger charge is -2.08. The number of rotatable bonds is 6. The first-order chi connectivity index (χ1) is 11.8. The average molecular weight is 347 g/mol. The number of carbonyl (C=O) groups is 1. The van der Waals surface area contributed by atoms with Crippen molar-refractivity contribution in [3.63, 3.8) is 0 Å². The number of aromatic nitrogens is 2. The zero-order valence-electron chi connectivity index (χ0n) is 13.0. The summed E-state index contributed by atoms with van der Waals surface area (Å²) in [5.74, 6) is -0.722. The van der Waals surface area contributed by atoms with Crippen LogP contribution in [0.5, 0.6) is 0 Å². The third-order valence-corrected chi connectivity index (χ3v) is 3.30. The lowest BCUT2D eigenvalue weighted by molar-refractivity contribution is -0.394. The van der Waals surface area contributed by atoms with E-state index in [1.807, 2.05) is 0 Å². The number of hydrogen-bond donors (Lipinski definition) is 1. The second-order valence-corrected chi connectivity index (χ2v) is 5.08. The zero-order valence-corrected chi connectivity index (χ0v) is 13.0. The smallest absolute Gasteiger partial charge is 0.277 e. The fourth-order valence-electron chi connectivity index (χ4n) is 2.05. The highest BCUT2D eigenvalue weighted by molar-refractivity contribution is 5.95. The lowest BCUT2D eigenvalue weighted by atomic mass is 10.1. The summed E-state index contributed by atoms with van der Waals surface area (Å²) in [6, 6.07) is 2.67. The number of nitrogens with zero attached hydrogens (tertiary/aromatic N) is 4. The molecule has 0 aliphatic carbocycles. The second-order valence-electron chi connectivity index (χ2n) is 5.08. The molecular weight excluding hydrogens is 334 g/mol. The molecule has 1 aromatic carbocycles. The molecule has 1 aromatic heterocycles. The maximum Gasteiger partial charge on any atom is 0.277 e. The minimum atomic E-state index is -0.818. The van der Waals surface area contributed by atoms with Gasteiger partial charge >= 0.3 is 0 Å². The predicted octanol–water partition coefficient (Wildman–Crippen LogP) is 0.798. The summed E-state index contributed by atoms with van der Waals surface area (Å²) in [4.78, 5) is 47.8. The van der Waals surface area contributed by atoms with Crippen molar-refractivity contribution in [1.82, 2.24) is 14.9 Å². The van der Waals surface area contributed by atoms with Gasteiger partial charge in [-0.3, -0.25) is 34.4 Å². The number of amides is 1. The van der Waals surface area contributed by atoms with Crippen molar-refractivity contribution >= 4 is 17.3 Å². The predicted molar refractivity (Wildman–Crippen MR) is 85.3 cm³/mol. The van der Waals surface area contributed by atoms with E-state index in [9.17, 15) is 29.8 Å². The fraction of sp³-hybridized carbons (Fsp3) is 0.214. The Labute approximate surface area is 140 Å². The molecule has 0 aliphatic rings. The van der Waals surface area contributed by atoms with Gasteiger partial charge in [0.15, 0.2) is 0 Å². The molecule has 1 N–H and O–H groups in total. The number of nitrogens with one attached hydrogen (secondary N) is 1. The highest BCUT2D eigenvalue weighted by Crippen LogP contribution is 2.22. The summed E-state index contributed by atoms with van der Waals surface area (Å²) < 4.78 is 1.30. The number of benzene rings is 1. The molecule has 0 atom stereocenters. The Morgan fingerprint density at radius 1 is 1.20 bits per heavy atom. The van der Waals surface area contributed by atoms with Gasteiger partial charge in [-0.2, -0.15) is 0 Å². The summed E-state index contributed by atoms with van der Waals surface area (Å²) in [6.07, 6.45) is 2.74. The van der Waals surface area contributed by atoms with Crippen molar-refractivity contribution in [2.45, 2.75) is 13.5 Å². The van der Waals surface area contributed by atoms with Crippen molar-refractivity contribution < 1.29 is 14.6 Å². The van der Waals surface area contributed by atoms with Crippen LogP contribution in [0.15, 0.2) is 35.5 Å². The van der Waals surface area contributed by atoms with Gasteiger partial charge in [0.2, 0.25) is 0 Å². The number of nitro groups is 2. The molecule has 0 saturated heterocycles. The van der Waals surface area contributed by atoms with Crippen molar-refractivity contribution in [2.75, 3.05) is 6.54 Å². The lowest BCUT2D eigenvalue weighted by Crippen LogP contribution is -2.31. The topological polar surface area (TPSA) is 150 Å². The number of non-ortho nitro benzene ring substituents is 2. The Morgan fingerprint density at radius 3 is 2.36 bits per heavy atom. The number of carbonyl (C=O) groups excluding carboxylic acids is 1. The monoisotopic (exact) mass is 347 g/mol. The highest BCUT2D eigenvalue weighted by Gasteiger charge is 2.19. The van der Waals surface area contributed by atoms with Gasteiger partial charge in [0.05, 0.1) is 27.8 Å². The molecule has 0 unspecified atom stereocenters. The normalized spacial score (nSPS) is 10.3. The molecule has 11 heteroatoms. The third kappa shape index (κ3) is 4.22. The Kier molecular flexibility index (Phi) is 5.17. The van der Waals surface area contributed by atoms with E-state index in [1.54, 1.807) is 6.92 Å². The SMILES string of the molecule is Cc1cncn(CCNC(=O)c2cc([N+](=O)[O-])cc([N+](=O)[O-])c2)c1=O. The minimum absolute atomic E-state index is 0.0420. The van der Waals surface area contributed by atoms with Crippen LogP contribution in [0.1, 0.15) is 15.9 Å². The van der Waals surface area contributed by atoms with Crippen LogP contribution in [0.2, 0.25) is 0 Å². The molecule has 0 bridgehead atoms. The van der Waals surface area contributed by atoms with Crippen molar-refractivity contribution in [2.24, 2.45) is 0 Å². The number of hydrogen-bond acceptors (Lipinski definition) is 7. The Morgan fingerprint density at radius 2 is 1.80 bits per heavy atom. The first-order valence-electron chi connectivity index (χ1n) is 7.02. The molecule has 0 spiro atoms. The van der Waals surface area contributed by atoms with Gasteiger partial charge in [0, 0.05) is 37.0 Å². The molecule has 130 valence electrons. The van der Waals surface area contributed by atoms with Crippen molar-refractivity contribution in [3.05, 3.63) is 72.4 Å². The quantitative estimate of drug-likeness (QED) is 0.599. The molecule has 11 nitrogen and oxygen atoms in total. The summed E-state index contributed by atoms with van der Waals surface area (Å²) in [5.41, 5.74) is -1.13. The van der Waals surface area contributed by atoms with E-state index in [0.29, 0.717) is 5.56 Å². The number of nitro benzene ring substituents is 2. The van der Waals surface area contributed by atoms with E-state index < -0.39 is 27.1 Å². The second kappa shape index (κ2) is 7.29. The maximum absolute atomic E-state index is 12.1. The maximum atomic E-state index is 12.1. The standard InChI is InChI=1S/C14H13N5O6/c1-9-7-15-8-17(14(9)21)3-2-16-13(20)10-4-11(18(22)23)6-12(5-10)19(24)25/h4-8H,2-3H2,1H3,(H,16,20). The van der Waals surface area contributed by atoms with E-state index in [0.717, 1.165) is 18.2 Å². The molecule has 0 aliphatic heterocycles. The molecular formula is C14H13N5O6. The third-order valence-electron chi connectivity index (χ3n) is 3.30. The molecule has 0 radical (unpaired) electrons. The van der Waals surface area contributed by atoms with Gasteiger partial charge in [-0.15, -0.1) is 0 Å². The molecule has 1 amide bonds. The van der Waals surface area contributed by atoms with Crippen LogP contribution in [0.4, 0.5) is 11.4 Å². The van der Waals surface area contributed by atoms with Crippen LogP contribution in [-0.4, -0.2) is 31.8 Å². The van der Waals surface area contributed by atoms with E-state index in [4.69, 9.17) is 0 Å². The molecule has 25 heavy (non-hydrogen) atoms. The summed E-state index contributed by atoms with van der Waals surface area (Å²) >= 11 is 0. The summed E-state index contributed by atoms with van der Waals surface area (Å²) in [5, 5.41) is 24.1. The summed E-state index contributed by atoms with van der Waals surface area (Å²) in [7, 11) is 0. The van der Waals surface area contributed by atoms with Gasteiger partial charge < -0.3 is 5.32 Å². The van der Waals surface area contributed by atoms with E-state index in [1.165, 1.54) is 17.1 Å². The van der Waals surface area contributed by atoms with Crippen LogP contribution >= 0.6 is 0 Å². The van der Waals surface area contributed by atoms with E-state index in [2.05, 4.69) is 10.3 Å². The highest BCUT2D eigenvalue weighted by atomic mass is 16.6. The molecule has 2 rings (SSSR count).